The first-order valence-corrected chi connectivity index (χ1v) is 15.5. The van der Waals surface area contributed by atoms with E-state index in [1.54, 1.807) is 0 Å². The van der Waals surface area contributed by atoms with Crippen LogP contribution in [0.25, 0.3) is 84.1 Å². The highest BCUT2D eigenvalue weighted by atomic mass is 15.1. The number of fused-ring (bicyclic) bond motifs is 5. The molecule has 47 heavy (non-hydrogen) atoms. The lowest BCUT2D eigenvalue weighted by atomic mass is 10.0. The molecule has 4 heterocycles. The second kappa shape index (κ2) is 11.1. The van der Waals surface area contributed by atoms with Gasteiger partial charge in [-0.2, -0.15) is 0 Å². The molecule has 0 saturated carbocycles. The minimum atomic E-state index is 0.594. The summed E-state index contributed by atoms with van der Waals surface area (Å²) in [4.78, 5) is 25.2. The summed E-state index contributed by atoms with van der Waals surface area (Å²) in [5.41, 5.74) is 9.49. The maximum Gasteiger partial charge on any atom is 0.165 e. The van der Waals surface area contributed by atoms with Crippen molar-refractivity contribution in [3.8, 4) is 56.5 Å². The number of hydrogen-bond acceptors (Lipinski definition) is 5. The van der Waals surface area contributed by atoms with Crippen LogP contribution >= 0.6 is 0 Å². The van der Waals surface area contributed by atoms with Gasteiger partial charge < -0.3 is 0 Å². The Morgan fingerprint density at radius 3 is 1.55 bits per heavy atom. The van der Waals surface area contributed by atoms with Gasteiger partial charge in [0.25, 0.3) is 0 Å². The van der Waals surface area contributed by atoms with E-state index in [1.165, 1.54) is 5.56 Å². The Balaban J connectivity index is 1.25. The van der Waals surface area contributed by atoms with Gasteiger partial charge in [-0.25, -0.2) is 24.9 Å². The third-order valence-electron chi connectivity index (χ3n) is 8.48. The van der Waals surface area contributed by atoms with Gasteiger partial charge in [0.15, 0.2) is 23.1 Å². The van der Waals surface area contributed by atoms with Gasteiger partial charge in [0.1, 0.15) is 11.2 Å². The molecule has 9 rings (SSSR count). The molecule has 6 heteroatoms. The number of aromatic nitrogens is 6. The molecule has 4 aromatic heterocycles. The van der Waals surface area contributed by atoms with E-state index in [1.807, 2.05) is 83.4 Å². The van der Waals surface area contributed by atoms with Crippen LogP contribution in [0.2, 0.25) is 0 Å². The van der Waals surface area contributed by atoms with Gasteiger partial charge in [-0.15, -0.1) is 0 Å². The van der Waals surface area contributed by atoms with Gasteiger partial charge in [0, 0.05) is 39.2 Å². The zero-order chi connectivity index (χ0) is 31.2. The summed E-state index contributed by atoms with van der Waals surface area (Å²) in [7, 11) is 0. The maximum atomic E-state index is 5.21. The third-order valence-corrected chi connectivity index (χ3v) is 8.48. The molecule has 9 aromatic rings. The second-order valence-corrected chi connectivity index (χ2v) is 11.4. The van der Waals surface area contributed by atoms with E-state index in [9.17, 15) is 0 Å². The summed E-state index contributed by atoms with van der Waals surface area (Å²) in [6, 6.07) is 51.4. The van der Waals surface area contributed by atoms with E-state index in [2.05, 4.69) is 78.9 Å². The van der Waals surface area contributed by atoms with Crippen molar-refractivity contribution in [2.24, 2.45) is 0 Å². The lowest BCUT2D eigenvalue weighted by Crippen LogP contribution is -2.00. The van der Waals surface area contributed by atoms with Gasteiger partial charge in [-0.05, 0) is 29.3 Å². The third kappa shape index (κ3) is 4.80. The molecule has 5 aromatic carbocycles. The Morgan fingerprint density at radius 2 is 0.872 bits per heavy atom. The fraction of sp³-hybridized carbons (Fsp3) is 0. The predicted octanol–water partition coefficient (Wildman–Crippen LogP) is 9.56. The topological polar surface area (TPSA) is 68.9 Å². The standard InChI is InChI=1S/C41H26N6/c1-4-12-27(13-5-1)28-19-21-31(22-20-28)39-44-38(30-16-8-3-9-17-30)45-40(46-39)32-23-24-33-34(26-32)36(29-14-6-2-7-15-29)43-41-37(33)42-35-18-10-11-25-47(35)41/h1-26H. The molecule has 0 aliphatic heterocycles. The van der Waals surface area contributed by atoms with Gasteiger partial charge in [0.05, 0.1) is 5.69 Å². The molecule has 0 fully saturated rings. The van der Waals surface area contributed by atoms with Crippen molar-refractivity contribution < 1.29 is 0 Å². The van der Waals surface area contributed by atoms with Crippen LogP contribution in [0.5, 0.6) is 0 Å². The van der Waals surface area contributed by atoms with E-state index in [0.717, 1.165) is 61.1 Å². The van der Waals surface area contributed by atoms with Crippen LogP contribution in [0.15, 0.2) is 158 Å². The molecule has 6 nitrogen and oxygen atoms in total. The number of benzene rings is 5. The summed E-state index contributed by atoms with van der Waals surface area (Å²) in [6.45, 7) is 0. The molecule has 220 valence electrons. The fourth-order valence-corrected chi connectivity index (χ4v) is 6.13. The van der Waals surface area contributed by atoms with Crippen LogP contribution in [0.4, 0.5) is 0 Å². The Morgan fingerprint density at radius 1 is 0.362 bits per heavy atom. The smallest absolute Gasteiger partial charge is 0.165 e. The Bertz CT molecular complexity index is 2540. The fourth-order valence-electron chi connectivity index (χ4n) is 6.13. The van der Waals surface area contributed by atoms with Crippen LogP contribution in [0.1, 0.15) is 0 Å². The zero-order valence-corrected chi connectivity index (χ0v) is 25.2. The number of imidazole rings is 1. The Hall–Kier alpha value is -6.53. The minimum absolute atomic E-state index is 0.594. The van der Waals surface area contributed by atoms with Gasteiger partial charge >= 0.3 is 0 Å². The number of rotatable bonds is 5. The lowest BCUT2D eigenvalue weighted by molar-refractivity contribution is 1.07. The highest BCUT2D eigenvalue weighted by molar-refractivity contribution is 6.10. The van der Waals surface area contributed by atoms with Crippen molar-refractivity contribution in [3.63, 3.8) is 0 Å². The number of nitrogens with zero attached hydrogens (tertiary/aromatic N) is 6. The van der Waals surface area contributed by atoms with Gasteiger partial charge in [-0.1, -0.05) is 133 Å². The van der Waals surface area contributed by atoms with Gasteiger partial charge in [-0.3, -0.25) is 4.40 Å². The molecule has 0 radical (unpaired) electrons. The SMILES string of the molecule is c1ccc(-c2ccc(-c3nc(-c4ccccc4)nc(-c4ccc5c(c4)c(-c4ccccc4)nc4c5nc5ccccn54)n3)cc2)cc1. The molecular formula is C41H26N6. The normalized spacial score (nSPS) is 11.4. The van der Waals surface area contributed by atoms with E-state index < -0.39 is 0 Å². The van der Waals surface area contributed by atoms with Gasteiger partial charge in [0.2, 0.25) is 0 Å². The number of pyridine rings is 2. The van der Waals surface area contributed by atoms with Crippen LogP contribution in [-0.4, -0.2) is 29.3 Å². The quantitative estimate of drug-likeness (QED) is 0.196. The average Bonchev–Trinajstić information content (AvgIpc) is 3.54. The van der Waals surface area contributed by atoms with Crippen molar-refractivity contribution in [1.82, 2.24) is 29.3 Å². The van der Waals surface area contributed by atoms with Crippen molar-refractivity contribution in [3.05, 3.63) is 158 Å². The van der Waals surface area contributed by atoms with Crippen LogP contribution in [0.3, 0.4) is 0 Å². The monoisotopic (exact) mass is 602 g/mol. The molecule has 0 spiro atoms. The van der Waals surface area contributed by atoms with Crippen molar-refractivity contribution in [2.75, 3.05) is 0 Å². The maximum absolute atomic E-state index is 5.21. The first kappa shape index (κ1) is 26.8. The molecule has 0 atom stereocenters. The van der Waals surface area contributed by atoms with Crippen molar-refractivity contribution in [1.29, 1.82) is 0 Å². The molecule has 0 aliphatic rings. The first-order chi connectivity index (χ1) is 23.3. The first-order valence-electron chi connectivity index (χ1n) is 15.5. The van der Waals surface area contributed by atoms with Crippen LogP contribution in [0, 0.1) is 0 Å². The highest BCUT2D eigenvalue weighted by Gasteiger charge is 2.18. The Kier molecular flexibility index (Phi) is 6.35. The van der Waals surface area contributed by atoms with Crippen molar-refractivity contribution >= 4 is 27.6 Å². The zero-order valence-electron chi connectivity index (χ0n) is 25.2. The molecule has 0 unspecified atom stereocenters. The average molecular weight is 603 g/mol. The minimum Gasteiger partial charge on any atom is -0.284 e. The Labute approximate surface area is 270 Å². The largest absolute Gasteiger partial charge is 0.284 e. The van der Waals surface area contributed by atoms with E-state index in [4.69, 9.17) is 24.9 Å². The summed E-state index contributed by atoms with van der Waals surface area (Å²) < 4.78 is 2.04. The second-order valence-electron chi connectivity index (χ2n) is 11.4. The summed E-state index contributed by atoms with van der Waals surface area (Å²) in [5, 5.41) is 2.01. The summed E-state index contributed by atoms with van der Waals surface area (Å²) in [5.74, 6) is 1.83. The van der Waals surface area contributed by atoms with Crippen LogP contribution < -0.4 is 0 Å². The predicted molar refractivity (Wildman–Crippen MR) is 189 cm³/mol. The van der Waals surface area contributed by atoms with Crippen LogP contribution in [-0.2, 0) is 0 Å². The van der Waals surface area contributed by atoms with Crippen molar-refractivity contribution in [2.45, 2.75) is 0 Å². The summed E-state index contributed by atoms with van der Waals surface area (Å²) >= 11 is 0. The number of hydrogen-bond donors (Lipinski definition) is 0. The van der Waals surface area contributed by atoms with E-state index in [0.29, 0.717) is 17.5 Å². The molecule has 0 bridgehead atoms. The molecule has 0 aliphatic carbocycles. The molecule has 0 amide bonds. The van der Waals surface area contributed by atoms with E-state index >= 15 is 0 Å². The molecular weight excluding hydrogens is 576 g/mol. The lowest BCUT2D eigenvalue weighted by Gasteiger charge is -2.11. The molecule has 0 N–H and O–H groups in total. The molecule has 0 saturated heterocycles. The van der Waals surface area contributed by atoms with E-state index in [-0.39, 0.29) is 0 Å². The highest BCUT2D eigenvalue weighted by Crippen LogP contribution is 2.35. The summed E-state index contributed by atoms with van der Waals surface area (Å²) in [6.07, 6.45) is 2.01.